The maximum absolute atomic E-state index is 13.2. The highest BCUT2D eigenvalue weighted by molar-refractivity contribution is 6.32. The standard InChI is InChI=1S/C26H33ClN2O3/c1-18-14-23(15-19(2)25(18)27)32-17-24(30)29(16-21-10-6-4-7-11-21)20(3)26(31)28-22-12-8-5-9-13-22/h4,6-7,10-11,14-15,20,22H,5,8-9,12-13,16-17H2,1-3H3,(H,28,31). The second-order valence-electron chi connectivity index (χ2n) is 8.69. The highest BCUT2D eigenvalue weighted by Crippen LogP contribution is 2.26. The van der Waals surface area contributed by atoms with Crippen LogP contribution in [0.5, 0.6) is 5.75 Å². The highest BCUT2D eigenvalue weighted by atomic mass is 35.5. The minimum Gasteiger partial charge on any atom is -0.484 e. The molecule has 0 saturated heterocycles. The lowest BCUT2D eigenvalue weighted by molar-refractivity contribution is -0.142. The SMILES string of the molecule is Cc1cc(OCC(=O)N(Cc2ccccc2)C(C)C(=O)NC2CCCCC2)cc(C)c1Cl. The molecule has 0 aromatic heterocycles. The Morgan fingerprint density at radius 2 is 1.72 bits per heavy atom. The fourth-order valence-electron chi connectivity index (χ4n) is 4.15. The molecule has 5 nitrogen and oxygen atoms in total. The van der Waals surface area contributed by atoms with Crippen molar-refractivity contribution in [1.82, 2.24) is 10.2 Å². The van der Waals surface area contributed by atoms with Gasteiger partial charge in [0.2, 0.25) is 5.91 Å². The van der Waals surface area contributed by atoms with Crippen molar-refractivity contribution in [2.75, 3.05) is 6.61 Å². The Kier molecular flexibility index (Phi) is 8.57. The van der Waals surface area contributed by atoms with Crippen LogP contribution in [-0.2, 0) is 16.1 Å². The van der Waals surface area contributed by atoms with Gasteiger partial charge in [0.1, 0.15) is 11.8 Å². The molecule has 2 aromatic rings. The number of hydrogen-bond donors (Lipinski definition) is 1. The minimum atomic E-state index is -0.595. The van der Waals surface area contributed by atoms with Gasteiger partial charge in [0.15, 0.2) is 6.61 Å². The van der Waals surface area contributed by atoms with Gasteiger partial charge in [-0.2, -0.15) is 0 Å². The summed E-state index contributed by atoms with van der Waals surface area (Å²) in [5, 5.41) is 3.84. The summed E-state index contributed by atoms with van der Waals surface area (Å²) in [6.07, 6.45) is 5.51. The molecule has 1 saturated carbocycles. The molecule has 1 unspecified atom stereocenters. The van der Waals surface area contributed by atoms with Gasteiger partial charge in [-0.1, -0.05) is 61.2 Å². The molecule has 172 valence electrons. The predicted molar refractivity (Wildman–Crippen MR) is 128 cm³/mol. The van der Waals surface area contributed by atoms with Crippen LogP contribution in [0.1, 0.15) is 55.7 Å². The van der Waals surface area contributed by atoms with Crippen LogP contribution in [-0.4, -0.2) is 35.4 Å². The summed E-state index contributed by atoms with van der Waals surface area (Å²) in [6.45, 7) is 5.80. The fraction of sp³-hybridized carbons (Fsp3) is 0.462. The third-order valence-electron chi connectivity index (χ3n) is 6.09. The van der Waals surface area contributed by atoms with E-state index in [4.69, 9.17) is 16.3 Å². The zero-order chi connectivity index (χ0) is 23.1. The van der Waals surface area contributed by atoms with Crippen LogP contribution < -0.4 is 10.1 Å². The van der Waals surface area contributed by atoms with Gasteiger partial charge in [0.25, 0.3) is 5.91 Å². The molecule has 0 aliphatic heterocycles. The van der Waals surface area contributed by atoms with Crippen LogP contribution >= 0.6 is 11.6 Å². The van der Waals surface area contributed by atoms with E-state index in [1.807, 2.05) is 56.3 Å². The lowest BCUT2D eigenvalue weighted by atomic mass is 9.95. The molecule has 2 amide bonds. The normalized spacial score (nSPS) is 15.1. The smallest absolute Gasteiger partial charge is 0.261 e. The summed E-state index contributed by atoms with van der Waals surface area (Å²) >= 11 is 6.23. The van der Waals surface area contributed by atoms with Gasteiger partial charge in [0, 0.05) is 17.6 Å². The van der Waals surface area contributed by atoms with Crippen molar-refractivity contribution >= 4 is 23.4 Å². The van der Waals surface area contributed by atoms with Crippen molar-refractivity contribution in [2.45, 2.75) is 71.5 Å². The number of amides is 2. The second-order valence-corrected chi connectivity index (χ2v) is 9.06. The van der Waals surface area contributed by atoms with Crippen LogP contribution in [0, 0.1) is 13.8 Å². The first kappa shape index (κ1) is 24.1. The predicted octanol–water partition coefficient (Wildman–Crippen LogP) is 5.20. The second kappa shape index (κ2) is 11.4. The fourth-order valence-corrected chi connectivity index (χ4v) is 4.26. The summed E-state index contributed by atoms with van der Waals surface area (Å²) < 4.78 is 5.80. The lowest BCUT2D eigenvalue weighted by Crippen LogP contribution is -2.51. The first-order valence-electron chi connectivity index (χ1n) is 11.4. The Bertz CT molecular complexity index is 903. The molecule has 0 radical (unpaired) electrons. The average Bonchev–Trinajstić information content (AvgIpc) is 2.80. The van der Waals surface area contributed by atoms with Gasteiger partial charge in [-0.05, 0) is 62.4 Å². The molecule has 0 spiro atoms. The number of halogens is 1. The largest absolute Gasteiger partial charge is 0.484 e. The zero-order valence-electron chi connectivity index (χ0n) is 19.2. The summed E-state index contributed by atoms with van der Waals surface area (Å²) in [5.41, 5.74) is 2.77. The van der Waals surface area contributed by atoms with E-state index in [9.17, 15) is 9.59 Å². The van der Waals surface area contributed by atoms with Crippen molar-refractivity contribution in [2.24, 2.45) is 0 Å². The van der Waals surface area contributed by atoms with E-state index in [2.05, 4.69) is 5.32 Å². The quantitative estimate of drug-likeness (QED) is 0.593. The van der Waals surface area contributed by atoms with E-state index in [1.165, 1.54) is 6.42 Å². The molecule has 1 atom stereocenters. The third kappa shape index (κ3) is 6.49. The summed E-state index contributed by atoms with van der Waals surface area (Å²) in [7, 11) is 0. The lowest BCUT2D eigenvalue weighted by Gasteiger charge is -2.31. The number of hydrogen-bond acceptors (Lipinski definition) is 3. The van der Waals surface area contributed by atoms with Crippen molar-refractivity contribution in [1.29, 1.82) is 0 Å². The van der Waals surface area contributed by atoms with Gasteiger partial charge >= 0.3 is 0 Å². The van der Waals surface area contributed by atoms with Crippen LogP contribution in [0.4, 0.5) is 0 Å². The third-order valence-corrected chi connectivity index (χ3v) is 6.68. The summed E-state index contributed by atoms with van der Waals surface area (Å²) in [4.78, 5) is 27.8. The van der Waals surface area contributed by atoms with Gasteiger partial charge in [0.05, 0.1) is 0 Å². The van der Waals surface area contributed by atoms with Crippen LogP contribution in [0.15, 0.2) is 42.5 Å². The van der Waals surface area contributed by atoms with Crippen LogP contribution in [0.25, 0.3) is 0 Å². The topological polar surface area (TPSA) is 58.6 Å². The van der Waals surface area contributed by atoms with E-state index in [-0.39, 0.29) is 24.5 Å². The summed E-state index contributed by atoms with van der Waals surface area (Å²) in [5.74, 6) is 0.251. The zero-order valence-corrected chi connectivity index (χ0v) is 20.0. The van der Waals surface area contributed by atoms with E-state index in [0.29, 0.717) is 17.3 Å². The molecule has 1 N–H and O–H groups in total. The minimum absolute atomic E-state index is 0.112. The molecule has 1 aliphatic rings. The van der Waals surface area contributed by atoms with Gasteiger partial charge in [-0.25, -0.2) is 0 Å². The van der Waals surface area contributed by atoms with Gasteiger partial charge in [-0.15, -0.1) is 0 Å². The van der Waals surface area contributed by atoms with Crippen LogP contribution in [0.3, 0.4) is 0 Å². The number of rotatable bonds is 8. The highest BCUT2D eigenvalue weighted by Gasteiger charge is 2.28. The summed E-state index contributed by atoms with van der Waals surface area (Å²) in [6, 6.07) is 13.0. The molecule has 32 heavy (non-hydrogen) atoms. The van der Waals surface area contributed by atoms with E-state index in [0.717, 1.165) is 42.4 Å². The van der Waals surface area contributed by atoms with Crippen LogP contribution in [0.2, 0.25) is 5.02 Å². The van der Waals surface area contributed by atoms with Gasteiger partial charge < -0.3 is 15.0 Å². The van der Waals surface area contributed by atoms with E-state index < -0.39 is 6.04 Å². The molecule has 2 aromatic carbocycles. The average molecular weight is 457 g/mol. The Morgan fingerprint density at radius 1 is 1.09 bits per heavy atom. The molecule has 1 fully saturated rings. The number of nitrogens with one attached hydrogen (secondary N) is 1. The molecular formula is C26H33ClN2O3. The number of carbonyl (C=O) groups is 2. The molecule has 1 aliphatic carbocycles. The molecule has 6 heteroatoms. The van der Waals surface area contributed by atoms with Crippen molar-refractivity contribution in [3.05, 3.63) is 64.2 Å². The Hall–Kier alpha value is -2.53. The van der Waals surface area contributed by atoms with Crippen molar-refractivity contribution < 1.29 is 14.3 Å². The number of benzene rings is 2. The molecule has 0 heterocycles. The van der Waals surface area contributed by atoms with E-state index in [1.54, 1.807) is 11.8 Å². The number of carbonyl (C=O) groups excluding carboxylic acids is 2. The van der Waals surface area contributed by atoms with Crippen molar-refractivity contribution in [3.63, 3.8) is 0 Å². The monoisotopic (exact) mass is 456 g/mol. The number of aryl methyl sites for hydroxylation is 2. The first-order valence-corrected chi connectivity index (χ1v) is 11.8. The van der Waals surface area contributed by atoms with E-state index >= 15 is 0 Å². The number of nitrogens with zero attached hydrogens (tertiary/aromatic N) is 1. The van der Waals surface area contributed by atoms with Crippen molar-refractivity contribution in [3.8, 4) is 5.75 Å². The molecule has 0 bridgehead atoms. The molecular weight excluding hydrogens is 424 g/mol. The Morgan fingerprint density at radius 3 is 2.34 bits per heavy atom. The molecule has 3 rings (SSSR count). The number of ether oxygens (including phenoxy) is 1. The maximum atomic E-state index is 13.2. The van der Waals surface area contributed by atoms with Gasteiger partial charge in [-0.3, -0.25) is 9.59 Å². The Balaban J connectivity index is 1.70. The maximum Gasteiger partial charge on any atom is 0.261 e. The Labute approximate surface area is 196 Å². The first-order chi connectivity index (χ1) is 15.3.